The van der Waals surface area contributed by atoms with E-state index in [9.17, 15) is 0 Å². The number of aromatic nitrogens is 3. The second kappa shape index (κ2) is 5.41. The van der Waals surface area contributed by atoms with E-state index in [0.717, 1.165) is 13.1 Å². The van der Waals surface area contributed by atoms with E-state index in [2.05, 4.69) is 32.4 Å². The Balaban J connectivity index is 1.82. The summed E-state index contributed by atoms with van der Waals surface area (Å²) in [6.45, 7) is 3.26. The zero-order valence-electron chi connectivity index (χ0n) is 9.36. The predicted molar refractivity (Wildman–Crippen MR) is 63.5 cm³/mol. The van der Waals surface area contributed by atoms with Crippen molar-refractivity contribution < 1.29 is 0 Å². The van der Waals surface area contributed by atoms with E-state index in [1.807, 2.05) is 0 Å². The van der Waals surface area contributed by atoms with Crippen LogP contribution in [-0.4, -0.2) is 46.8 Å². The van der Waals surface area contributed by atoms with Crippen molar-refractivity contribution in [2.75, 3.05) is 32.0 Å². The Labute approximate surface area is 100 Å². The monoisotopic (exact) mass is 241 g/mol. The van der Waals surface area contributed by atoms with Gasteiger partial charge in [0, 0.05) is 13.1 Å². The van der Waals surface area contributed by atoms with Gasteiger partial charge in [-0.1, -0.05) is 0 Å². The van der Waals surface area contributed by atoms with Crippen molar-refractivity contribution in [1.29, 1.82) is 0 Å². The molecule has 0 saturated carbocycles. The Hall–Kier alpha value is -0.940. The van der Waals surface area contributed by atoms with Crippen LogP contribution in [0.3, 0.4) is 0 Å². The summed E-state index contributed by atoms with van der Waals surface area (Å²) in [6.07, 6.45) is 4.13. The molecule has 0 radical (unpaired) electrons. The Morgan fingerprint density at radius 1 is 1.62 bits per heavy atom. The van der Waals surface area contributed by atoms with Gasteiger partial charge < -0.3 is 10.2 Å². The fourth-order valence-electron chi connectivity index (χ4n) is 2.06. The molecule has 5 nitrogen and oxygen atoms in total. The first-order valence-corrected chi connectivity index (χ1v) is 5.89. The highest BCUT2D eigenvalue weighted by Crippen LogP contribution is 2.15. The van der Waals surface area contributed by atoms with Crippen molar-refractivity contribution in [2.24, 2.45) is 5.92 Å². The highest BCUT2D eigenvalue weighted by atomic mass is 35.5. The van der Waals surface area contributed by atoms with E-state index in [4.69, 9.17) is 11.6 Å². The molecule has 1 aromatic rings. The molecule has 0 spiro atoms. The summed E-state index contributed by atoms with van der Waals surface area (Å²) in [5.41, 5.74) is 0. The van der Waals surface area contributed by atoms with Crippen molar-refractivity contribution in [3.63, 3.8) is 0 Å². The van der Waals surface area contributed by atoms with Crippen LogP contribution in [-0.2, 0) is 0 Å². The number of piperidine rings is 1. The lowest BCUT2D eigenvalue weighted by Crippen LogP contribution is -2.35. The first kappa shape index (κ1) is 11.5. The SMILES string of the molecule is CN1CCCC(CNc2cnnc(Cl)n2)C1. The van der Waals surface area contributed by atoms with E-state index in [-0.39, 0.29) is 5.28 Å². The van der Waals surface area contributed by atoms with Crippen molar-refractivity contribution >= 4 is 17.4 Å². The summed E-state index contributed by atoms with van der Waals surface area (Å²) < 4.78 is 0. The molecular formula is C10H16ClN5. The third kappa shape index (κ3) is 3.28. The van der Waals surface area contributed by atoms with Crippen LogP contribution in [0.1, 0.15) is 12.8 Å². The third-order valence-electron chi connectivity index (χ3n) is 2.83. The van der Waals surface area contributed by atoms with Gasteiger partial charge in [0.25, 0.3) is 0 Å². The zero-order chi connectivity index (χ0) is 11.4. The smallest absolute Gasteiger partial charge is 0.244 e. The van der Waals surface area contributed by atoms with Gasteiger partial charge in [-0.05, 0) is 44.0 Å². The van der Waals surface area contributed by atoms with Crippen molar-refractivity contribution in [2.45, 2.75) is 12.8 Å². The van der Waals surface area contributed by atoms with Crippen LogP contribution >= 0.6 is 11.6 Å². The summed E-state index contributed by atoms with van der Waals surface area (Å²) in [4.78, 5) is 6.41. The van der Waals surface area contributed by atoms with Gasteiger partial charge in [0.05, 0.1) is 6.20 Å². The predicted octanol–water partition coefficient (Wildman–Crippen LogP) is 1.28. The fraction of sp³-hybridized carbons (Fsp3) is 0.700. The first-order valence-electron chi connectivity index (χ1n) is 5.51. The van der Waals surface area contributed by atoms with E-state index in [1.54, 1.807) is 6.20 Å². The largest absolute Gasteiger partial charge is 0.368 e. The molecule has 0 aromatic carbocycles. The topological polar surface area (TPSA) is 53.9 Å². The molecule has 2 heterocycles. The van der Waals surface area contributed by atoms with Gasteiger partial charge in [0.15, 0.2) is 0 Å². The molecule has 6 heteroatoms. The third-order valence-corrected chi connectivity index (χ3v) is 2.99. The van der Waals surface area contributed by atoms with E-state index < -0.39 is 0 Å². The minimum atomic E-state index is 0.186. The average molecular weight is 242 g/mol. The molecule has 1 unspecified atom stereocenters. The van der Waals surface area contributed by atoms with Crippen LogP contribution < -0.4 is 5.32 Å². The number of hydrogen-bond acceptors (Lipinski definition) is 5. The molecular weight excluding hydrogens is 226 g/mol. The molecule has 1 N–H and O–H groups in total. The van der Waals surface area contributed by atoms with Crippen LogP contribution in [0.2, 0.25) is 5.28 Å². The number of halogens is 1. The van der Waals surface area contributed by atoms with Crippen molar-refractivity contribution in [1.82, 2.24) is 20.1 Å². The molecule has 0 bridgehead atoms. The molecule has 1 aliphatic heterocycles. The molecule has 88 valence electrons. The quantitative estimate of drug-likeness (QED) is 0.864. The van der Waals surface area contributed by atoms with Crippen LogP contribution in [0, 0.1) is 5.92 Å². The van der Waals surface area contributed by atoms with Gasteiger partial charge in [-0.15, -0.1) is 5.10 Å². The maximum atomic E-state index is 5.66. The second-order valence-electron chi connectivity index (χ2n) is 4.26. The van der Waals surface area contributed by atoms with Gasteiger partial charge in [0.1, 0.15) is 5.82 Å². The fourth-order valence-corrected chi connectivity index (χ4v) is 2.19. The normalized spacial score (nSPS) is 22.0. The highest BCUT2D eigenvalue weighted by molar-refractivity contribution is 6.28. The number of hydrogen-bond donors (Lipinski definition) is 1. The first-order chi connectivity index (χ1) is 7.74. The zero-order valence-corrected chi connectivity index (χ0v) is 10.1. The molecule has 0 aliphatic carbocycles. The summed E-state index contributed by atoms with van der Waals surface area (Å²) in [6, 6.07) is 0. The van der Waals surface area contributed by atoms with Gasteiger partial charge in [-0.25, -0.2) is 0 Å². The number of nitrogens with zero attached hydrogens (tertiary/aromatic N) is 4. The molecule has 1 aromatic heterocycles. The second-order valence-corrected chi connectivity index (χ2v) is 4.60. The number of likely N-dealkylation sites (tertiary alicyclic amines) is 1. The highest BCUT2D eigenvalue weighted by Gasteiger charge is 2.16. The van der Waals surface area contributed by atoms with Gasteiger partial charge in [-0.3, -0.25) is 0 Å². The van der Waals surface area contributed by atoms with Crippen molar-refractivity contribution in [3.05, 3.63) is 11.5 Å². The molecule has 1 atom stereocenters. The molecule has 0 amide bonds. The van der Waals surface area contributed by atoms with Gasteiger partial charge >= 0.3 is 0 Å². The minimum Gasteiger partial charge on any atom is -0.368 e. The van der Waals surface area contributed by atoms with Crippen LogP contribution in [0.5, 0.6) is 0 Å². The van der Waals surface area contributed by atoms with Crippen molar-refractivity contribution in [3.8, 4) is 0 Å². The lowest BCUT2D eigenvalue weighted by Gasteiger charge is -2.29. The lowest BCUT2D eigenvalue weighted by atomic mass is 9.98. The maximum absolute atomic E-state index is 5.66. The standard InChI is InChI=1S/C10H16ClN5/c1-16-4-2-3-8(7-16)5-12-9-6-13-15-10(11)14-9/h6,8H,2-5,7H2,1H3,(H,12,14,15). The Bertz CT molecular complexity index is 346. The lowest BCUT2D eigenvalue weighted by molar-refractivity contribution is 0.217. The minimum absolute atomic E-state index is 0.186. The summed E-state index contributed by atoms with van der Waals surface area (Å²) in [7, 11) is 2.16. The molecule has 2 rings (SSSR count). The molecule has 1 aliphatic rings. The Kier molecular flexibility index (Phi) is 3.90. The maximum Gasteiger partial charge on any atom is 0.244 e. The average Bonchev–Trinajstić information content (AvgIpc) is 2.27. The van der Waals surface area contributed by atoms with Gasteiger partial charge in [-0.2, -0.15) is 10.1 Å². The number of nitrogens with one attached hydrogen (secondary N) is 1. The Morgan fingerprint density at radius 2 is 2.50 bits per heavy atom. The van der Waals surface area contributed by atoms with E-state index in [1.165, 1.54) is 19.4 Å². The van der Waals surface area contributed by atoms with Gasteiger partial charge in [0.2, 0.25) is 5.28 Å². The molecule has 1 fully saturated rings. The summed E-state index contributed by atoms with van der Waals surface area (Å²) in [5.74, 6) is 1.38. The molecule has 16 heavy (non-hydrogen) atoms. The van der Waals surface area contributed by atoms with Crippen LogP contribution in [0.25, 0.3) is 0 Å². The number of rotatable bonds is 3. The van der Waals surface area contributed by atoms with E-state index >= 15 is 0 Å². The molecule has 1 saturated heterocycles. The summed E-state index contributed by atoms with van der Waals surface area (Å²) in [5, 5.41) is 10.8. The summed E-state index contributed by atoms with van der Waals surface area (Å²) >= 11 is 5.66. The van der Waals surface area contributed by atoms with Crippen LogP contribution in [0.15, 0.2) is 6.20 Å². The van der Waals surface area contributed by atoms with Crippen LogP contribution in [0.4, 0.5) is 5.82 Å². The van der Waals surface area contributed by atoms with E-state index in [0.29, 0.717) is 11.7 Å². The number of anilines is 1. The Morgan fingerprint density at radius 3 is 3.25 bits per heavy atom.